The van der Waals surface area contributed by atoms with Crippen LogP contribution in [0.4, 0.5) is 5.69 Å². The number of nitrogens with zero attached hydrogens (tertiary/aromatic N) is 1. The molecule has 0 aromatic heterocycles. The molecule has 1 saturated carbocycles. The predicted octanol–water partition coefficient (Wildman–Crippen LogP) is 4.61. The fraction of sp³-hybridized carbons (Fsp3) is 0.556. The van der Waals surface area contributed by atoms with E-state index in [0.717, 1.165) is 31.4 Å². The molecule has 0 saturated heterocycles. The third-order valence-corrected chi connectivity index (χ3v) is 4.42. The Morgan fingerprint density at radius 1 is 1.24 bits per heavy atom. The van der Waals surface area contributed by atoms with Gasteiger partial charge in [-0.15, -0.1) is 0 Å². The molecule has 21 heavy (non-hydrogen) atoms. The van der Waals surface area contributed by atoms with Crippen LogP contribution in [0, 0.1) is 16.7 Å². The molecule has 1 aromatic rings. The lowest BCUT2D eigenvalue weighted by Gasteiger charge is -2.23. The molecule has 0 aliphatic heterocycles. The first kappa shape index (κ1) is 15.6. The van der Waals surface area contributed by atoms with Crippen LogP contribution in [0.25, 0.3) is 0 Å². The van der Waals surface area contributed by atoms with Crippen LogP contribution in [0.3, 0.4) is 0 Å². The molecule has 3 nitrogen and oxygen atoms in total. The summed E-state index contributed by atoms with van der Waals surface area (Å²) >= 11 is 0. The Hall–Kier alpha value is -1.82. The van der Waals surface area contributed by atoms with Gasteiger partial charge in [-0.05, 0) is 36.5 Å². The summed E-state index contributed by atoms with van der Waals surface area (Å²) < 4.78 is 0. The number of carbonyl (C=O) groups excluding carboxylic acids is 1. The fourth-order valence-electron chi connectivity index (χ4n) is 2.95. The lowest BCUT2D eigenvalue weighted by molar-refractivity contribution is -0.123. The van der Waals surface area contributed by atoms with Gasteiger partial charge in [0.2, 0.25) is 5.91 Å². The number of amides is 1. The van der Waals surface area contributed by atoms with E-state index in [2.05, 4.69) is 31.3 Å². The second kappa shape index (κ2) is 6.76. The van der Waals surface area contributed by atoms with Gasteiger partial charge in [-0.25, -0.2) is 0 Å². The van der Waals surface area contributed by atoms with Gasteiger partial charge in [0, 0.05) is 5.69 Å². The number of carbonyl (C=O) groups is 1. The zero-order chi connectivity index (χ0) is 15.3. The average Bonchev–Trinajstić information content (AvgIpc) is 2.74. The third kappa shape index (κ3) is 3.64. The fourth-order valence-corrected chi connectivity index (χ4v) is 2.95. The van der Waals surface area contributed by atoms with Gasteiger partial charge in [0.05, 0.1) is 6.07 Å². The van der Waals surface area contributed by atoms with E-state index < -0.39 is 5.41 Å². The van der Waals surface area contributed by atoms with Crippen molar-refractivity contribution in [2.24, 2.45) is 5.41 Å². The van der Waals surface area contributed by atoms with Crippen LogP contribution in [0.1, 0.15) is 63.9 Å². The van der Waals surface area contributed by atoms with Gasteiger partial charge < -0.3 is 5.32 Å². The van der Waals surface area contributed by atoms with Crippen LogP contribution in [0.2, 0.25) is 0 Å². The molecule has 1 amide bonds. The summed E-state index contributed by atoms with van der Waals surface area (Å²) in [5.41, 5.74) is 1.15. The van der Waals surface area contributed by atoms with Crippen LogP contribution in [0.5, 0.6) is 0 Å². The van der Waals surface area contributed by atoms with Crippen molar-refractivity contribution in [2.75, 3.05) is 5.32 Å². The molecule has 0 spiro atoms. The maximum absolute atomic E-state index is 12.6. The molecule has 0 heterocycles. The first-order valence-electron chi connectivity index (χ1n) is 7.90. The van der Waals surface area contributed by atoms with Crippen LogP contribution < -0.4 is 5.32 Å². The molecule has 0 unspecified atom stereocenters. The number of nitrogens with one attached hydrogen (secondary N) is 1. The number of benzene rings is 1. The lowest BCUT2D eigenvalue weighted by atomic mass is 9.81. The van der Waals surface area contributed by atoms with Gasteiger partial charge in [0.25, 0.3) is 0 Å². The van der Waals surface area contributed by atoms with Crippen molar-refractivity contribution in [3.8, 4) is 6.07 Å². The summed E-state index contributed by atoms with van der Waals surface area (Å²) in [6.45, 7) is 4.26. The number of nitriles is 1. The molecule has 0 atom stereocenters. The van der Waals surface area contributed by atoms with Crippen LogP contribution in [-0.4, -0.2) is 5.91 Å². The number of hydrogen-bond acceptors (Lipinski definition) is 2. The van der Waals surface area contributed by atoms with Crippen molar-refractivity contribution in [3.63, 3.8) is 0 Å². The molecule has 0 radical (unpaired) electrons. The second-order valence-corrected chi connectivity index (χ2v) is 6.34. The SMILES string of the molecule is CC(C)c1cccc(NC(=O)C2(C#N)CCCCCC2)c1. The first-order valence-corrected chi connectivity index (χ1v) is 7.90. The average molecular weight is 284 g/mol. The summed E-state index contributed by atoms with van der Waals surface area (Å²) in [6.07, 6.45) is 5.54. The van der Waals surface area contributed by atoms with Crippen LogP contribution >= 0.6 is 0 Å². The van der Waals surface area contributed by atoms with Crippen molar-refractivity contribution in [1.29, 1.82) is 5.26 Å². The second-order valence-electron chi connectivity index (χ2n) is 6.34. The van der Waals surface area contributed by atoms with Crippen LogP contribution in [-0.2, 0) is 4.79 Å². The summed E-state index contributed by atoms with van der Waals surface area (Å²) in [7, 11) is 0. The smallest absolute Gasteiger partial charge is 0.244 e. The minimum absolute atomic E-state index is 0.132. The first-order chi connectivity index (χ1) is 10.1. The van der Waals surface area contributed by atoms with Gasteiger partial charge in [0.15, 0.2) is 0 Å². The maximum Gasteiger partial charge on any atom is 0.244 e. The van der Waals surface area contributed by atoms with Crippen molar-refractivity contribution >= 4 is 11.6 Å². The highest BCUT2D eigenvalue weighted by Crippen LogP contribution is 2.35. The highest BCUT2D eigenvalue weighted by molar-refractivity contribution is 5.97. The van der Waals surface area contributed by atoms with Gasteiger partial charge >= 0.3 is 0 Å². The largest absolute Gasteiger partial charge is 0.325 e. The lowest BCUT2D eigenvalue weighted by Crippen LogP contribution is -2.34. The van der Waals surface area contributed by atoms with Crippen molar-refractivity contribution in [2.45, 2.75) is 58.3 Å². The summed E-state index contributed by atoms with van der Waals surface area (Å²) in [4.78, 5) is 12.6. The Kier molecular flexibility index (Phi) is 5.01. The van der Waals surface area contributed by atoms with Gasteiger partial charge in [0.1, 0.15) is 5.41 Å². The van der Waals surface area contributed by atoms with E-state index in [-0.39, 0.29) is 5.91 Å². The summed E-state index contributed by atoms with van der Waals surface area (Å²) in [5.74, 6) is 0.289. The minimum Gasteiger partial charge on any atom is -0.325 e. The van der Waals surface area contributed by atoms with Gasteiger partial charge in [-0.3, -0.25) is 4.79 Å². The molecule has 3 heteroatoms. The topological polar surface area (TPSA) is 52.9 Å². The Morgan fingerprint density at radius 2 is 1.90 bits per heavy atom. The van der Waals surface area contributed by atoms with Gasteiger partial charge in [-0.2, -0.15) is 5.26 Å². The summed E-state index contributed by atoms with van der Waals surface area (Å²) in [6, 6.07) is 10.2. The highest BCUT2D eigenvalue weighted by atomic mass is 16.2. The monoisotopic (exact) mass is 284 g/mol. The van der Waals surface area contributed by atoms with E-state index in [0.29, 0.717) is 18.8 Å². The highest BCUT2D eigenvalue weighted by Gasteiger charge is 2.38. The molecule has 1 N–H and O–H groups in total. The van der Waals surface area contributed by atoms with Crippen molar-refractivity contribution in [1.82, 2.24) is 0 Å². The molecule has 1 aromatic carbocycles. The van der Waals surface area contributed by atoms with Crippen LogP contribution in [0.15, 0.2) is 24.3 Å². The normalized spacial score (nSPS) is 17.8. The Balaban J connectivity index is 2.16. The molecule has 2 rings (SSSR count). The van der Waals surface area contributed by atoms with Crippen molar-refractivity contribution in [3.05, 3.63) is 29.8 Å². The quantitative estimate of drug-likeness (QED) is 0.824. The molecule has 1 fully saturated rings. The molecule has 1 aliphatic carbocycles. The number of anilines is 1. The standard InChI is InChI=1S/C18H24N2O/c1-14(2)15-8-7-9-16(12-15)20-17(21)18(13-19)10-5-3-4-6-11-18/h7-9,12,14H,3-6,10-11H2,1-2H3,(H,20,21). The molecular weight excluding hydrogens is 260 g/mol. The molecule has 1 aliphatic rings. The molecule has 0 bridgehead atoms. The Morgan fingerprint density at radius 3 is 2.48 bits per heavy atom. The van der Waals surface area contributed by atoms with E-state index in [1.165, 1.54) is 5.56 Å². The van der Waals surface area contributed by atoms with E-state index in [9.17, 15) is 10.1 Å². The van der Waals surface area contributed by atoms with Crippen molar-refractivity contribution < 1.29 is 4.79 Å². The zero-order valence-electron chi connectivity index (χ0n) is 13.0. The van der Waals surface area contributed by atoms with E-state index >= 15 is 0 Å². The van der Waals surface area contributed by atoms with E-state index in [4.69, 9.17) is 0 Å². The Labute approximate surface area is 127 Å². The predicted molar refractivity (Wildman–Crippen MR) is 84.9 cm³/mol. The third-order valence-electron chi connectivity index (χ3n) is 4.42. The van der Waals surface area contributed by atoms with Gasteiger partial charge in [-0.1, -0.05) is 51.7 Å². The Bertz CT molecular complexity index is 534. The molecule has 112 valence electrons. The number of hydrogen-bond donors (Lipinski definition) is 1. The maximum atomic E-state index is 12.6. The van der Waals surface area contributed by atoms with E-state index in [1.807, 2.05) is 18.2 Å². The number of rotatable bonds is 3. The summed E-state index contributed by atoms with van der Waals surface area (Å²) in [5, 5.41) is 12.5. The minimum atomic E-state index is -0.843. The van der Waals surface area contributed by atoms with E-state index in [1.54, 1.807) is 0 Å². The molecular formula is C18H24N2O. The zero-order valence-corrected chi connectivity index (χ0v) is 13.0.